The molecule has 3 heterocycles. The van der Waals surface area contributed by atoms with E-state index in [2.05, 4.69) is 10.2 Å². The molecule has 3 aliphatic rings. The van der Waals surface area contributed by atoms with Crippen LogP contribution < -0.4 is 10.6 Å². The smallest absolute Gasteiger partial charge is 0.380 e. The second-order valence-electron chi connectivity index (χ2n) is 10.9. The second-order valence-corrected chi connectivity index (χ2v) is 11.3. The number of carbonyl (C=O) groups excluding carboxylic acids is 2. The maximum absolute atomic E-state index is 13.8. The molecule has 3 aliphatic heterocycles. The van der Waals surface area contributed by atoms with Gasteiger partial charge in [-0.05, 0) is 43.2 Å². The fourth-order valence-electron chi connectivity index (χ4n) is 5.59. The highest BCUT2D eigenvalue weighted by Crippen LogP contribution is 2.38. The fraction of sp³-hybridized carbons (Fsp3) is 0.500. The molecule has 0 bridgehead atoms. The first kappa shape index (κ1) is 31.2. The number of morpholine rings is 1. The lowest BCUT2D eigenvalue weighted by molar-refractivity contribution is -0.275. The number of hydrogen-bond acceptors (Lipinski definition) is 6. The van der Waals surface area contributed by atoms with E-state index in [1.165, 1.54) is 5.32 Å². The molecule has 2 aromatic rings. The molecule has 234 valence electrons. The Morgan fingerprint density at radius 2 is 1.56 bits per heavy atom. The van der Waals surface area contributed by atoms with E-state index >= 15 is 0 Å². The van der Waals surface area contributed by atoms with Gasteiger partial charge >= 0.3 is 12.2 Å². The van der Waals surface area contributed by atoms with E-state index in [0.29, 0.717) is 81.0 Å². The molecule has 15 heteroatoms. The van der Waals surface area contributed by atoms with Crippen LogP contribution in [0.1, 0.15) is 28.8 Å². The van der Waals surface area contributed by atoms with E-state index < -0.39 is 35.1 Å². The Morgan fingerprint density at radius 1 is 0.930 bits per heavy atom. The van der Waals surface area contributed by atoms with Gasteiger partial charge < -0.3 is 25.0 Å². The molecule has 3 N–H and O–H groups in total. The molecule has 5 rings (SSSR count). The number of piperidine rings is 1. The first-order chi connectivity index (χ1) is 20.3. The lowest BCUT2D eigenvalue weighted by Gasteiger charge is -2.47. The van der Waals surface area contributed by atoms with Crippen molar-refractivity contribution in [2.45, 2.75) is 36.8 Å². The van der Waals surface area contributed by atoms with Gasteiger partial charge in [0.05, 0.1) is 29.8 Å². The summed E-state index contributed by atoms with van der Waals surface area (Å²) >= 11 is 6.41. The molecule has 3 amide bonds. The van der Waals surface area contributed by atoms with E-state index in [1.54, 1.807) is 23.1 Å². The molecule has 3 saturated heterocycles. The number of aliphatic hydroxyl groups is 1. The fourth-order valence-corrected chi connectivity index (χ4v) is 5.85. The minimum atomic E-state index is -5.44. The van der Waals surface area contributed by atoms with Crippen molar-refractivity contribution < 1.29 is 41.4 Å². The van der Waals surface area contributed by atoms with E-state index in [4.69, 9.17) is 16.3 Å². The summed E-state index contributed by atoms with van der Waals surface area (Å²) in [5.41, 5.74) is -3.94. The number of carbonyl (C=O) groups is 2. The number of amides is 3. The summed E-state index contributed by atoms with van der Waals surface area (Å²) in [7, 11) is 0. The van der Waals surface area contributed by atoms with Crippen LogP contribution in [0.25, 0.3) is 0 Å². The Hall–Kier alpha value is -3.20. The van der Waals surface area contributed by atoms with Gasteiger partial charge in [-0.15, -0.1) is 0 Å². The molecule has 0 saturated carbocycles. The van der Waals surface area contributed by atoms with Crippen LogP contribution in [0.3, 0.4) is 0 Å². The normalized spacial score (nSPS) is 20.3. The number of benzene rings is 2. The monoisotopic (exact) mass is 631 g/mol. The number of anilines is 1. The maximum Gasteiger partial charge on any atom is 0.441 e. The lowest BCUT2D eigenvalue weighted by Crippen LogP contribution is -2.62. The topological polar surface area (TPSA) is 97.4 Å². The van der Waals surface area contributed by atoms with Crippen LogP contribution in [0.2, 0.25) is 5.02 Å². The van der Waals surface area contributed by atoms with Crippen molar-refractivity contribution in [1.29, 1.82) is 0 Å². The summed E-state index contributed by atoms with van der Waals surface area (Å²) in [6.07, 6.45) is -4.46. The number of rotatable bonds is 6. The molecule has 0 aliphatic carbocycles. The molecule has 0 unspecified atom stereocenters. The number of likely N-dealkylation sites (tertiary alicyclic amines) is 2. The number of ether oxygens (including phenoxy) is 1. The van der Waals surface area contributed by atoms with Crippen LogP contribution >= 0.6 is 11.6 Å². The number of nitrogens with zero attached hydrogens (tertiary/aromatic N) is 3. The van der Waals surface area contributed by atoms with Gasteiger partial charge in [0, 0.05) is 62.6 Å². The summed E-state index contributed by atoms with van der Waals surface area (Å²) in [4.78, 5) is 30.5. The third-order valence-electron chi connectivity index (χ3n) is 8.02. The quantitative estimate of drug-likeness (QED) is 0.332. The Balaban J connectivity index is 1.10. The highest BCUT2D eigenvalue weighted by atomic mass is 35.5. The van der Waals surface area contributed by atoms with Crippen molar-refractivity contribution in [3.8, 4) is 0 Å². The summed E-state index contributed by atoms with van der Waals surface area (Å²) in [5.74, 6) is -2.79. The van der Waals surface area contributed by atoms with E-state index in [1.807, 2.05) is 0 Å². The summed E-state index contributed by atoms with van der Waals surface area (Å²) in [6, 6.07) is 5.25. The van der Waals surface area contributed by atoms with Gasteiger partial charge in [0.2, 0.25) is 0 Å². The molecule has 0 radical (unpaired) electrons. The van der Waals surface area contributed by atoms with Gasteiger partial charge in [0.15, 0.2) is 0 Å². The Morgan fingerprint density at radius 3 is 2.14 bits per heavy atom. The van der Waals surface area contributed by atoms with Gasteiger partial charge in [0.1, 0.15) is 11.6 Å². The number of hydrogen-bond donors (Lipinski definition) is 3. The molecule has 9 nitrogen and oxygen atoms in total. The maximum atomic E-state index is 13.8. The average Bonchev–Trinajstić information content (AvgIpc) is 2.94. The highest BCUT2D eigenvalue weighted by Gasteiger charge is 2.57. The minimum Gasteiger partial charge on any atom is -0.380 e. The van der Waals surface area contributed by atoms with Crippen molar-refractivity contribution in [3.05, 3.63) is 64.2 Å². The van der Waals surface area contributed by atoms with Crippen LogP contribution in [0.5, 0.6) is 0 Å². The lowest BCUT2D eigenvalue weighted by atomic mass is 9.97. The number of urea groups is 1. The van der Waals surface area contributed by atoms with Crippen molar-refractivity contribution in [2.75, 3.05) is 57.8 Å². The van der Waals surface area contributed by atoms with Crippen LogP contribution in [-0.2, 0) is 10.5 Å². The zero-order chi connectivity index (χ0) is 30.9. The first-order valence-corrected chi connectivity index (χ1v) is 14.2. The van der Waals surface area contributed by atoms with E-state index in [-0.39, 0.29) is 31.1 Å². The Bertz CT molecular complexity index is 1330. The van der Waals surface area contributed by atoms with Crippen LogP contribution in [-0.4, -0.2) is 102 Å². The molecule has 0 aromatic heterocycles. The van der Waals surface area contributed by atoms with Gasteiger partial charge in [-0.3, -0.25) is 15.0 Å². The molecule has 2 aromatic carbocycles. The van der Waals surface area contributed by atoms with Crippen molar-refractivity contribution in [2.24, 2.45) is 0 Å². The number of nitrogens with one attached hydrogen (secondary N) is 2. The zero-order valence-electron chi connectivity index (χ0n) is 23.0. The van der Waals surface area contributed by atoms with Gasteiger partial charge in [-0.1, -0.05) is 11.6 Å². The second kappa shape index (κ2) is 12.4. The van der Waals surface area contributed by atoms with Gasteiger partial charge in [-0.25, -0.2) is 13.6 Å². The molecule has 1 atom stereocenters. The minimum absolute atomic E-state index is 0.0954. The summed E-state index contributed by atoms with van der Waals surface area (Å²) < 4.78 is 73.8. The largest absolute Gasteiger partial charge is 0.441 e. The van der Waals surface area contributed by atoms with E-state index in [0.717, 1.165) is 10.6 Å². The van der Waals surface area contributed by atoms with Crippen molar-refractivity contribution in [1.82, 2.24) is 20.0 Å². The van der Waals surface area contributed by atoms with Gasteiger partial charge in [-0.2, -0.15) is 13.2 Å². The molecular formula is C28H31ClF5N5O4. The predicted molar refractivity (Wildman–Crippen MR) is 147 cm³/mol. The first-order valence-electron chi connectivity index (χ1n) is 13.8. The summed E-state index contributed by atoms with van der Waals surface area (Å²) in [5, 5.41) is 15.6. The molecule has 0 spiro atoms. The molecule has 3 fully saturated rings. The number of alkyl halides is 3. The molecule has 43 heavy (non-hydrogen) atoms. The van der Waals surface area contributed by atoms with Crippen LogP contribution in [0.4, 0.5) is 32.4 Å². The third-order valence-corrected chi connectivity index (χ3v) is 8.34. The zero-order valence-corrected chi connectivity index (χ0v) is 23.7. The van der Waals surface area contributed by atoms with Gasteiger partial charge in [0.25, 0.3) is 11.6 Å². The standard InChI is InChI=1S/C28H31ClF5N5O4/c29-24-14-20(1-2-23(24)25(40)37-7-9-43-10-8-37)35-21-15-39(16-21)22-3-5-38(6-4-22)26(41)36-27(42,28(32,33)34)17-11-18(30)13-19(31)12-17/h1-2,11-14,21-22,35,42H,3-10,15-16H2,(H,36,41)/t27-/m0/s1. The predicted octanol–water partition coefficient (Wildman–Crippen LogP) is 3.77. The Kier molecular flexibility index (Phi) is 9.02. The van der Waals surface area contributed by atoms with Crippen molar-refractivity contribution in [3.63, 3.8) is 0 Å². The SMILES string of the molecule is O=C(N[C@](O)(c1cc(F)cc(F)c1)C(F)(F)F)N1CCC(N2CC(Nc3ccc(C(=O)N4CCOCC4)c(Cl)c3)C2)CC1. The third kappa shape index (κ3) is 6.82. The number of halogens is 6. The highest BCUT2D eigenvalue weighted by molar-refractivity contribution is 6.34. The van der Waals surface area contributed by atoms with Crippen molar-refractivity contribution >= 4 is 29.2 Å². The average molecular weight is 632 g/mol. The Labute approximate surface area is 249 Å². The van der Waals surface area contributed by atoms with E-state index in [9.17, 15) is 36.6 Å². The van der Waals surface area contributed by atoms with Crippen LogP contribution in [0.15, 0.2) is 36.4 Å². The molecular weight excluding hydrogens is 601 g/mol. The van der Waals surface area contributed by atoms with Crippen LogP contribution in [0, 0.1) is 11.6 Å². The summed E-state index contributed by atoms with van der Waals surface area (Å²) in [6.45, 7) is 3.67.